The molecule has 0 aromatic heterocycles. The van der Waals surface area contributed by atoms with Gasteiger partial charge in [-0.1, -0.05) is 72.4 Å². The molecule has 3 aromatic rings. The van der Waals surface area contributed by atoms with Gasteiger partial charge in [-0.05, 0) is 41.8 Å². The SMILES string of the molecule is CN(C(=NC(=O)c1ccccc1)S[C@H]1c2ccccc2C[C@@H]1C(F)(F)F)c1ccccc1. The lowest BCUT2D eigenvalue weighted by atomic mass is 10.1. The van der Waals surface area contributed by atoms with Crippen molar-refractivity contribution in [2.75, 3.05) is 11.9 Å². The third-order valence-corrected chi connectivity index (χ3v) is 6.88. The van der Waals surface area contributed by atoms with Gasteiger partial charge in [0.25, 0.3) is 5.91 Å². The monoisotopic (exact) mass is 454 g/mol. The Morgan fingerprint density at radius 1 is 0.938 bits per heavy atom. The van der Waals surface area contributed by atoms with Crippen LogP contribution in [0.1, 0.15) is 26.7 Å². The van der Waals surface area contributed by atoms with Crippen molar-refractivity contribution in [3.05, 3.63) is 102 Å². The molecular formula is C25H21F3N2OS. The molecule has 1 amide bonds. The second kappa shape index (κ2) is 9.20. The number of halogens is 3. The minimum Gasteiger partial charge on any atom is -0.324 e. The highest BCUT2D eigenvalue weighted by Gasteiger charge is 2.50. The molecule has 0 bridgehead atoms. The number of amides is 1. The molecule has 32 heavy (non-hydrogen) atoms. The van der Waals surface area contributed by atoms with Crippen LogP contribution in [0.2, 0.25) is 0 Å². The van der Waals surface area contributed by atoms with Crippen LogP contribution in [0.15, 0.2) is 89.9 Å². The van der Waals surface area contributed by atoms with Gasteiger partial charge in [-0.3, -0.25) is 4.79 Å². The molecule has 3 nitrogen and oxygen atoms in total. The third kappa shape index (κ3) is 4.72. The van der Waals surface area contributed by atoms with Gasteiger partial charge in [-0.25, -0.2) is 0 Å². The maximum absolute atomic E-state index is 13.9. The molecule has 0 spiro atoms. The van der Waals surface area contributed by atoms with Crippen molar-refractivity contribution >= 4 is 28.5 Å². The van der Waals surface area contributed by atoms with E-state index in [4.69, 9.17) is 0 Å². The van der Waals surface area contributed by atoms with Gasteiger partial charge in [0.2, 0.25) is 0 Å². The number of anilines is 1. The maximum atomic E-state index is 13.9. The summed E-state index contributed by atoms with van der Waals surface area (Å²) in [5, 5.41) is -0.666. The van der Waals surface area contributed by atoms with Crippen molar-refractivity contribution in [2.45, 2.75) is 17.8 Å². The molecule has 0 fully saturated rings. The molecule has 2 atom stereocenters. The highest BCUT2D eigenvalue weighted by molar-refractivity contribution is 8.14. The van der Waals surface area contributed by atoms with Crippen molar-refractivity contribution in [1.29, 1.82) is 0 Å². The van der Waals surface area contributed by atoms with Crippen LogP contribution in [0.25, 0.3) is 0 Å². The summed E-state index contributed by atoms with van der Waals surface area (Å²) in [4.78, 5) is 18.8. The fraction of sp³-hybridized carbons (Fsp3) is 0.200. The summed E-state index contributed by atoms with van der Waals surface area (Å²) in [6.07, 6.45) is -4.44. The van der Waals surface area contributed by atoms with Crippen LogP contribution in [0, 0.1) is 5.92 Å². The van der Waals surface area contributed by atoms with E-state index in [1.165, 1.54) is 0 Å². The van der Waals surface area contributed by atoms with Gasteiger partial charge in [0.1, 0.15) is 0 Å². The Balaban J connectivity index is 1.74. The third-order valence-electron chi connectivity index (χ3n) is 5.47. The van der Waals surface area contributed by atoms with E-state index in [9.17, 15) is 18.0 Å². The number of hydrogen-bond donors (Lipinski definition) is 0. The molecular weight excluding hydrogens is 433 g/mol. The topological polar surface area (TPSA) is 32.7 Å². The first-order valence-corrected chi connectivity index (χ1v) is 11.0. The average molecular weight is 455 g/mol. The average Bonchev–Trinajstić information content (AvgIpc) is 3.18. The van der Waals surface area contributed by atoms with Crippen LogP contribution in [0.5, 0.6) is 0 Å². The Bertz CT molecular complexity index is 1120. The summed E-state index contributed by atoms with van der Waals surface area (Å²) in [7, 11) is 1.71. The number of nitrogens with zero attached hydrogens (tertiary/aromatic N) is 2. The summed E-state index contributed by atoms with van der Waals surface area (Å²) in [6.45, 7) is 0. The van der Waals surface area contributed by atoms with Crippen molar-refractivity contribution in [2.24, 2.45) is 10.9 Å². The van der Waals surface area contributed by atoms with Crippen LogP contribution in [-0.2, 0) is 6.42 Å². The fourth-order valence-corrected chi connectivity index (χ4v) is 5.18. The van der Waals surface area contributed by atoms with E-state index in [2.05, 4.69) is 4.99 Å². The lowest BCUT2D eigenvalue weighted by Crippen LogP contribution is -2.30. The van der Waals surface area contributed by atoms with Crippen molar-refractivity contribution in [3.63, 3.8) is 0 Å². The zero-order valence-electron chi connectivity index (χ0n) is 17.3. The van der Waals surface area contributed by atoms with Gasteiger partial charge in [-0.2, -0.15) is 18.2 Å². The number of fused-ring (bicyclic) bond motifs is 1. The van der Waals surface area contributed by atoms with Crippen LogP contribution >= 0.6 is 11.8 Å². The molecule has 0 N–H and O–H groups in total. The standard InChI is InChI=1S/C25H21F3N2OS/c1-30(19-13-6-3-7-14-19)24(29-23(31)17-10-4-2-5-11-17)32-22-20-15-9-8-12-18(20)16-21(22)25(26,27)28/h2-15,21-22H,16H2,1H3/t21-,22-/m0/s1. The van der Waals surface area contributed by atoms with Crippen molar-refractivity contribution in [3.8, 4) is 0 Å². The Kier molecular flexibility index (Phi) is 6.37. The number of hydrogen-bond acceptors (Lipinski definition) is 2. The molecule has 1 aliphatic rings. The van der Waals surface area contributed by atoms with Gasteiger partial charge < -0.3 is 4.90 Å². The molecule has 0 saturated heterocycles. The summed E-state index contributed by atoms with van der Waals surface area (Å²) in [5.74, 6) is -2.04. The predicted octanol–water partition coefficient (Wildman–Crippen LogP) is 6.53. The van der Waals surface area contributed by atoms with Crippen LogP contribution in [0.3, 0.4) is 0 Å². The fourth-order valence-electron chi connectivity index (χ4n) is 3.78. The summed E-state index contributed by atoms with van der Waals surface area (Å²) < 4.78 is 41.8. The molecule has 0 radical (unpaired) electrons. The van der Waals surface area contributed by atoms with Gasteiger partial charge in [0.05, 0.1) is 5.92 Å². The molecule has 0 heterocycles. The molecule has 1 aliphatic carbocycles. The minimum absolute atomic E-state index is 0.0771. The van der Waals surface area contributed by atoms with Crippen molar-refractivity contribution < 1.29 is 18.0 Å². The number of rotatable bonds is 3. The lowest BCUT2D eigenvalue weighted by molar-refractivity contribution is -0.172. The molecule has 7 heteroatoms. The van der Waals surface area contributed by atoms with E-state index >= 15 is 0 Å². The zero-order valence-corrected chi connectivity index (χ0v) is 18.1. The number of aliphatic imine (C=N–C) groups is 1. The molecule has 3 aromatic carbocycles. The number of carbonyl (C=O) groups is 1. The predicted molar refractivity (Wildman–Crippen MR) is 123 cm³/mol. The number of benzene rings is 3. The molecule has 0 aliphatic heterocycles. The number of para-hydroxylation sites is 1. The highest BCUT2D eigenvalue weighted by Crippen LogP contribution is 2.52. The highest BCUT2D eigenvalue weighted by atomic mass is 32.2. The van der Waals surface area contributed by atoms with Crippen LogP contribution in [0.4, 0.5) is 18.9 Å². The van der Waals surface area contributed by atoms with Gasteiger partial charge >= 0.3 is 6.18 Å². The first-order chi connectivity index (χ1) is 15.3. The first kappa shape index (κ1) is 22.1. The van der Waals surface area contributed by atoms with Gasteiger partial charge in [0.15, 0.2) is 5.17 Å². The summed E-state index contributed by atoms with van der Waals surface area (Å²) >= 11 is 0.991. The Hall–Kier alpha value is -3.06. The summed E-state index contributed by atoms with van der Waals surface area (Å²) in [5.41, 5.74) is 2.44. The van der Waals surface area contributed by atoms with Gasteiger partial charge in [0, 0.05) is 23.5 Å². The Labute approximate surface area is 189 Å². The number of carbonyl (C=O) groups excluding carboxylic acids is 1. The number of thioether (sulfide) groups is 1. The smallest absolute Gasteiger partial charge is 0.324 e. The van der Waals surface area contributed by atoms with E-state index < -0.39 is 23.3 Å². The van der Waals surface area contributed by atoms with Crippen LogP contribution in [-0.4, -0.2) is 24.3 Å². The molecule has 0 unspecified atom stereocenters. The second-order valence-corrected chi connectivity index (χ2v) is 8.66. The van der Waals surface area contributed by atoms with Crippen LogP contribution < -0.4 is 4.90 Å². The molecule has 0 saturated carbocycles. The number of amidine groups is 1. The Morgan fingerprint density at radius 2 is 1.53 bits per heavy atom. The molecule has 4 rings (SSSR count). The van der Waals surface area contributed by atoms with E-state index in [-0.39, 0.29) is 11.6 Å². The Morgan fingerprint density at radius 3 is 2.19 bits per heavy atom. The van der Waals surface area contributed by atoms with E-state index in [1.54, 1.807) is 66.5 Å². The largest absolute Gasteiger partial charge is 0.393 e. The summed E-state index contributed by atoms with van der Waals surface area (Å²) in [6, 6.07) is 24.7. The number of alkyl halides is 3. The van der Waals surface area contributed by atoms with E-state index in [1.807, 2.05) is 30.3 Å². The van der Waals surface area contributed by atoms with E-state index in [0.29, 0.717) is 16.7 Å². The normalized spacial score (nSPS) is 18.3. The first-order valence-electron chi connectivity index (χ1n) is 10.1. The minimum atomic E-state index is -4.36. The zero-order chi connectivity index (χ0) is 22.7. The van der Waals surface area contributed by atoms with E-state index in [0.717, 1.165) is 17.4 Å². The second-order valence-electron chi connectivity index (χ2n) is 7.55. The van der Waals surface area contributed by atoms with Gasteiger partial charge in [-0.15, -0.1) is 0 Å². The van der Waals surface area contributed by atoms with Crippen molar-refractivity contribution in [1.82, 2.24) is 0 Å². The lowest BCUT2D eigenvalue weighted by Gasteiger charge is -2.27. The molecule has 164 valence electrons. The quantitative estimate of drug-likeness (QED) is 0.333. The maximum Gasteiger partial charge on any atom is 0.393 e.